The lowest BCUT2D eigenvalue weighted by Gasteiger charge is -2.37. The quantitative estimate of drug-likeness (QED) is 0.581. The molecular weight excluding hydrogens is 345 g/mol. The van der Waals surface area contributed by atoms with Crippen LogP contribution in [0.15, 0.2) is 54.6 Å². The number of carbonyl (C=O) groups excluding carboxylic acids is 2. The Balaban J connectivity index is 2.19. The summed E-state index contributed by atoms with van der Waals surface area (Å²) < 4.78 is 18.2. The number of rotatable bonds is 7. The third-order valence-corrected chi connectivity index (χ3v) is 4.91. The normalized spacial score (nSPS) is 21.5. The molecule has 0 aliphatic heterocycles. The molecule has 5 heteroatoms. The van der Waals surface area contributed by atoms with Gasteiger partial charge in [0.15, 0.2) is 0 Å². The van der Waals surface area contributed by atoms with Crippen LogP contribution in [0.5, 0.6) is 0 Å². The fraction of sp³-hybridized carbons (Fsp3) is 0.364. The van der Waals surface area contributed by atoms with Crippen LogP contribution in [0.2, 0.25) is 0 Å². The van der Waals surface area contributed by atoms with Crippen LogP contribution in [-0.2, 0) is 14.3 Å². The summed E-state index contributed by atoms with van der Waals surface area (Å²) in [5.74, 6) is -0.957. The van der Waals surface area contributed by atoms with Crippen LogP contribution >= 0.6 is 0 Å². The van der Waals surface area contributed by atoms with Gasteiger partial charge in [-0.3, -0.25) is 9.59 Å². The first-order valence-electron chi connectivity index (χ1n) is 8.95. The maximum atomic E-state index is 13.4. The van der Waals surface area contributed by atoms with Gasteiger partial charge in [0.2, 0.25) is 5.91 Å². The lowest BCUT2D eigenvalue weighted by Crippen LogP contribution is -2.51. The maximum Gasteiger partial charge on any atom is 0.308 e. The molecule has 0 aromatic heterocycles. The Kier molecular flexibility index (Phi) is 6.72. The molecule has 0 saturated heterocycles. The van der Waals surface area contributed by atoms with E-state index in [0.29, 0.717) is 24.0 Å². The van der Waals surface area contributed by atoms with Gasteiger partial charge in [-0.15, -0.1) is 0 Å². The van der Waals surface area contributed by atoms with Crippen LogP contribution in [0.1, 0.15) is 32.3 Å². The van der Waals surface area contributed by atoms with Crippen molar-refractivity contribution in [2.75, 3.05) is 7.11 Å². The first-order valence-corrected chi connectivity index (χ1v) is 8.95. The molecule has 1 saturated carbocycles. The van der Waals surface area contributed by atoms with Gasteiger partial charge in [-0.2, -0.15) is 0 Å². The van der Waals surface area contributed by atoms with Crippen LogP contribution in [-0.4, -0.2) is 25.0 Å². The van der Waals surface area contributed by atoms with E-state index >= 15 is 0 Å². The monoisotopic (exact) mass is 371 g/mol. The molecule has 0 bridgehead atoms. The summed E-state index contributed by atoms with van der Waals surface area (Å²) in [6, 6.07) is 6.09. The van der Waals surface area contributed by atoms with Crippen LogP contribution in [0.4, 0.5) is 4.39 Å². The lowest BCUT2D eigenvalue weighted by molar-refractivity contribution is -0.150. The standard InChI is InChI=1S/C22H26FNO3/c1-5-10-22(15(2)3,11-9-16-7-6-8-18(23)12-16)21(26)24-19-13-17(14-19)20(25)27-4/h5-12,17,19H,2,13-14H2,1,3-4H3,(H,24,26)/b10-5+,11-9+. The Morgan fingerprint density at radius 3 is 2.59 bits per heavy atom. The number of amides is 1. The van der Waals surface area contributed by atoms with Gasteiger partial charge in [-0.1, -0.05) is 48.6 Å². The van der Waals surface area contributed by atoms with E-state index in [1.807, 2.05) is 6.92 Å². The SMILES string of the molecule is C=C(C)C(/C=C/C)(/C=C/c1cccc(F)c1)C(=O)NC1CC(C(=O)OC)C1. The molecule has 1 unspecified atom stereocenters. The summed E-state index contributed by atoms with van der Waals surface area (Å²) >= 11 is 0. The second-order valence-electron chi connectivity index (χ2n) is 6.90. The van der Waals surface area contributed by atoms with Gasteiger partial charge >= 0.3 is 5.97 Å². The molecule has 2 rings (SSSR count). The van der Waals surface area contributed by atoms with Gasteiger partial charge in [0.25, 0.3) is 0 Å². The predicted octanol–water partition coefficient (Wildman–Crippen LogP) is 4.05. The first kappa shape index (κ1) is 20.6. The average Bonchev–Trinajstić information content (AvgIpc) is 2.60. The van der Waals surface area contributed by atoms with E-state index in [0.717, 1.165) is 0 Å². The predicted molar refractivity (Wildman–Crippen MR) is 104 cm³/mol. The Morgan fingerprint density at radius 1 is 1.33 bits per heavy atom. The third-order valence-electron chi connectivity index (χ3n) is 4.91. The summed E-state index contributed by atoms with van der Waals surface area (Å²) in [6.45, 7) is 7.61. The number of allylic oxidation sites excluding steroid dienone is 1. The first-order chi connectivity index (χ1) is 12.8. The zero-order valence-electron chi connectivity index (χ0n) is 16.0. The largest absolute Gasteiger partial charge is 0.469 e. The van der Waals surface area contributed by atoms with Crippen molar-refractivity contribution in [3.8, 4) is 0 Å². The van der Waals surface area contributed by atoms with E-state index in [-0.39, 0.29) is 29.7 Å². The minimum Gasteiger partial charge on any atom is -0.469 e. The van der Waals surface area contributed by atoms with E-state index in [4.69, 9.17) is 4.74 Å². The zero-order valence-corrected chi connectivity index (χ0v) is 16.0. The number of hydrogen-bond acceptors (Lipinski definition) is 3. The number of methoxy groups -OCH3 is 1. The number of benzene rings is 1. The molecule has 0 spiro atoms. The molecule has 0 heterocycles. The third kappa shape index (κ3) is 4.73. The maximum absolute atomic E-state index is 13.4. The molecular formula is C22H26FNO3. The van der Waals surface area contributed by atoms with Crippen molar-refractivity contribution < 1.29 is 18.7 Å². The Hall–Kier alpha value is -2.69. The van der Waals surface area contributed by atoms with Crippen LogP contribution in [0.25, 0.3) is 6.08 Å². The number of nitrogens with one attached hydrogen (secondary N) is 1. The summed E-state index contributed by atoms with van der Waals surface area (Å²) in [4.78, 5) is 24.6. The average molecular weight is 371 g/mol. The molecule has 1 fully saturated rings. The van der Waals surface area contributed by atoms with E-state index in [1.54, 1.807) is 43.4 Å². The van der Waals surface area contributed by atoms with Gasteiger partial charge < -0.3 is 10.1 Å². The van der Waals surface area contributed by atoms with Crippen molar-refractivity contribution in [3.05, 3.63) is 66.0 Å². The topological polar surface area (TPSA) is 55.4 Å². The minimum absolute atomic E-state index is 0.0758. The highest BCUT2D eigenvalue weighted by Gasteiger charge is 2.40. The zero-order chi connectivity index (χ0) is 20.0. The van der Waals surface area contributed by atoms with Crippen LogP contribution < -0.4 is 5.32 Å². The van der Waals surface area contributed by atoms with Gasteiger partial charge in [-0.05, 0) is 44.4 Å². The molecule has 1 aromatic carbocycles. The molecule has 144 valence electrons. The second kappa shape index (κ2) is 8.80. The molecule has 1 aliphatic carbocycles. The molecule has 0 radical (unpaired) electrons. The van der Waals surface area contributed by atoms with Crippen molar-refractivity contribution in [1.29, 1.82) is 0 Å². The number of carbonyl (C=O) groups is 2. The van der Waals surface area contributed by atoms with Gasteiger partial charge in [-0.25, -0.2) is 4.39 Å². The van der Waals surface area contributed by atoms with E-state index in [1.165, 1.54) is 19.2 Å². The van der Waals surface area contributed by atoms with Gasteiger partial charge in [0, 0.05) is 6.04 Å². The Bertz CT molecular complexity index is 778. The molecule has 1 aliphatic rings. The Morgan fingerprint density at radius 2 is 2.04 bits per heavy atom. The van der Waals surface area contributed by atoms with E-state index < -0.39 is 5.41 Å². The van der Waals surface area contributed by atoms with Gasteiger partial charge in [0.05, 0.1) is 13.0 Å². The Labute approximate surface area is 159 Å². The van der Waals surface area contributed by atoms with Crippen LogP contribution in [0, 0.1) is 17.2 Å². The summed E-state index contributed by atoms with van der Waals surface area (Å²) in [5.41, 5.74) is 0.263. The smallest absolute Gasteiger partial charge is 0.308 e. The van der Waals surface area contributed by atoms with Crippen molar-refractivity contribution in [1.82, 2.24) is 5.32 Å². The number of hydrogen-bond donors (Lipinski definition) is 1. The number of esters is 1. The van der Waals surface area contributed by atoms with Crippen molar-refractivity contribution in [2.45, 2.75) is 32.7 Å². The molecule has 1 N–H and O–H groups in total. The molecule has 4 nitrogen and oxygen atoms in total. The molecule has 1 aromatic rings. The minimum atomic E-state index is -1.04. The highest BCUT2D eigenvalue weighted by Crippen LogP contribution is 2.34. The molecule has 27 heavy (non-hydrogen) atoms. The lowest BCUT2D eigenvalue weighted by atomic mass is 9.76. The summed E-state index contributed by atoms with van der Waals surface area (Å²) in [5, 5.41) is 3.00. The van der Waals surface area contributed by atoms with Crippen molar-refractivity contribution in [2.24, 2.45) is 11.3 Å². The van der Waals surface area contributed by atoms with Crippen molar-refractivity contribution in [3.63, 3.8) is 0 Å². The van der Waals surface area contributed by atoms with E-state index in [2.05, 4.69) is 11.9 Å². The van der Waals surface area contributed by atoms with E-state index in [9.17, 15) is 14.0 Å². The number of ether oxygens (including phenoxy) is 1. The van der Waals surface area contributed by atoms with Crippen molar-refractivity contribution >= 4 is 18.0 Å². The summed E-state index contributed by atoms with van der Waals surface area (Å²) in [7, 11) is 1.36. The fourth-order valence-corrected chi connectivity index (χ4v) is 3.19. The highest BCUT2D eigenvalue weighted by atomic mass is 19.1. The molecule has 1 amide bonds. The van der Waals surface area contributed by atoms with Crippen LogP contribution in [0.3, 0.4) is 0 Å². The second-order valence-corrected chi connectivity index (χ2v) is 6.90. The molecule has 1 atom stereocenters. The highest BCUT2D eigenvalue weighted by molar-refractivity contribution is 5.91. The van der Waals surface area contributed by atoms with Gasteiger partial charge in [0.1, 0.15) is 11.2 Å². The number of halogens is 1. The summed E-state index contributed by atoms with van der Waals surface area (Å²) in [6.07, 6.45) is 8.15. The fourth-order valence-electron chi connectivity index (χ4n) is 3.19.